The van der Waals surface area contributed by atoms with Crippen LogP contribution in [-0.4, -0.2) is 25.9 Å². The predicted molar refractivity (Wildman–Crippen MR) is 53.1 cm³/mol. The van der Waals surface area contributed by atoms with Gasteiger partial charge in [0, 0.05) is 13.2 Å². The minimum Gasteiger partial charge on any atom is -0.378 e. The summed E-state index contributed by atoms with van der Waals surface area (Å²) in [5.74, 6) is 11.0. The average Bonchev–Trinajstić information content (AvgIpc) is 2.14. The van der Waals surface area contributed by atoms with E-state index in [1.807, 2.05) is 13.8 Å². The normalized spacial score (nSPS) is 10.7. The zero-order chi connectivity index (χ0) is 9.94. The molecule has 0 aromatic rings. The maximum absolute atomic E-state index is 5.32. The number of rotatable bonds is 5. The molecule has 0 spiro atoms. The van der Waals surface area contributed by atoms with E-state index in [4.69, 9.17) is 9.47 Å². The number of ether oxygens (including phenoxy) is 2. The van der Waals surface area contributed by atoms with Crippen LogP contribution in [0.15, 0.2) is 0 Å². The van der Waals surface area contributed by atoms with Gasteiger partial charge in [0.2, 0.25) is 0 Å². The highest BCUT2D eigenvalue weighted by Gasteiger charge is 2.02. The Morgan fingerprint density at radius 2 is 1.92 bits per heavy atom. The van der Waals surface area contributed by atoms with E-state index in [1.165, 1.54) is 0 Å². The van der Waals surface area contributed by atoms with Crippen molar-refractivity contribution in [1.29, 1.82) is 0 Å². The molecule has 0 rings (SSSR count). The highest BCUT2D eigenvalue weighted by molar-refractivity contribution is 5.26. The average molecular weight is 180 g/mol. The predicted octanol–water partition coefficient (Wildman–Crippen LogP) is 1.45. The topological polar surface area (TPSA) is 18.5 Å². The SMILES string of the molecule is CC#CC#CC(COCC)OCC. The van der Waals surface area contributed by atoms with Gasteiger partial charge in [-0.15, -0.1) is 0 Å². The van der Waals surface area contributed by atoms with Gasteiger partial charge < -0.3 is 9.47 Å². The smallest absolute Gasteiger partial charge is 0.142 e. The molecule has 0 heterocycles. The van der Waals surface area contributed by atoms with Gasteiger partial charge in [-0.1, -0.05) is 11.8 Å². The van der Waals surface area contributed by atoms with Crippen molar-refractivity contribution in [1.82, 2.24) is 0 Å². The second-order valence-electron chi connectivity index (χ2n) is 2.25. The third kappa shape index (κ3) is 7.40. The van der Waals surface area contributed by atoms with Crippen molar-refractivity contribution < 1.29 is 9.47 Å². The Morgan fingerprint density at radius 3 is 2.46 bits per heavy atom. The van der Waals surface area contributed by atoms with Gasteiger partial charge >= 0.3 is 0 Å². The van der Waals surface area contributed by atoms with Gasteiger partial charge in [-0.05, 0) is 32.6 Å². The van der Waals surface area contributed by atoms with Crippen LogP contribution in [0.2, 0.25) is 0 Å². The van der Waals surface area contributed by atoms with Gasteiger partial charge in [0.15, 0.2) is 0 Å². The number of hydrogen-bond acceptors (Lipinski definition) is 2. The second-order valence-corrected chi connectivity index (χ2v) is 2.25. The van der Waals surface area contributed by atoms with Gasteiger partial charge in [-0.2, -0.15) is 0 Å². The Bertz CT molecular complexity index is 224. The third-order valence-electron chi connectivity index (χ3n) is 1.26. The van der Waals surface area contributed by atoms with E-state index in [2.05, 4.69) is 23.7 Å². The van der Waals surface area contributed by atoms with Crippen LogP contribution in [0.4, 0.5) is 0 Å². The van der Waals surface area contributed by atoms with Crippen LogP contribution in [0.1, 0.15) is 20.8 Å². The Kier molecular flexibility index (Phi) is 8.46. The van der Waals surface area contributed by atoms with Crippen molar-refractivity contribution in [2.24, 2.45) is 0 Å². The molecule has 0 saturated carbocycles. The molecule has 2 heteroatoms. The summed E-state index contributed by atoms with van der Waals surface area (Å²) in [5, 5.41) is 0. The molecule has 0 N–H and O–H groups in total. The van der Waals surface area contributed by atoms with E-state index in [0.717, 1.165) is 0 Å². The lowest BCUT2D eigenvalue weighted by Crippen LogP contribution is -2.17. The summed E-state index contributed by atoms with van der Waals surface area (Å²) in [4.78, 5) is 0. The fourth-order valence-electron chi connectivity index (χ4n) is 0.737. The molecule has 1 unspecified atom stereocenters. The van der Waals surface area contributed by atoms with E-state index in [1.54, 1.807) is 6.92 Å². The summed E-state index contributed by atoms with van der Waals surface area (Å²) >= 11 is 0. The molecule has 0 radical (unpaired) electrons. The van der Waals surface area contributed by atoms with Crippen LogP contribution >= 0.6 is 0 Å². The quantitative estimate of drug-likeness (QED) is 0.596. The maximum Gasteiger partial charge on any atom is 0.142 e. The summed E-state index contributed by atoms with van der Waals surface area (Å²) in [6.45, 7) is 7.49. The summed E-state index contributed by atoms with van der Waals surface area (Å²) < 4.78 is 10.5. The molecule has 2 nitrogen and oxygen atoms in total. The molecule has 0 saturated heterocycles. The van der Waals surface area contributed by atoms with Crippen molar-refractivity contribution in [3.8, 4) is 23.7 Å². The zero-order valence-corrected chi connectivity index (χ0v) is 8.52. The molecule has 0 bridgehead atoms. The minimum atomic E-state index is -0.147. The first kappa shape index (κ1) is 12.0. The van der Waals surface area contributed by atoms with Gasteiger partial charge in [0.05, 0.1) is 6.61 Å². The summed E-state index contributed by atoms with van der Waals surface area (Å²) in [6, 6.07) is 0. The van der Waals surface area contributed by atoms with Crippen molar-refractivity contribution in [2.75, 3.05) is 19.8 Å². The van der Waals surface area contributed by atoms with Gasteiger partial charge in [-0.25, -0.2) is 0 Å². The van der Waals surface area contributed by atoms with Crippen LogP contribution in [0.5, 0.6) is 0 Å². The van der Waals surface area contributed by atoms with Gasteiger partial charge in [0.1, 0.15) is 6.10 Å². The van der Waals surface area contributed by atoms with E-state index in [9.17, 15) is 0 Å². The molecule has 0 aliphatic carbocycles. The van der Waals surface area contributed by atoms with Crippen molar-refractivity contribution in [3.63, 3.8) is 0 Å². The molecule has 0 aromatic carbocycles. The highest BCUT2D eigenvalue weighted by atomic mass is 16.5. The number of hydrogen-bond donors (Lipinski definition) is 0. The molecule has 0 fully saturated rings. The molecule has 0 aliphatic rings. The Labute approximate surface area is 80.6 Å². The second kappa shape index (κ2) is 9.13. The van der Waals surface area contributed by atoms with Crippen LogP contribution in [0.3, 0.4) is 0 Å². The molecule has 0 amide bonds. The first-order chi connectivity index (χ1) is 6.35. The van der Waals surface area contributed by atoms with Gasteiger partial charge in [-0.3, -0.25) is 0 Å². The van der Waals surface area contributed by atoms with E-state index >= 15 is 0 Å². The monoisotopic (exact) mass is 180 g/mol. The van der Waals surface area contributed by atoms with E-state index in [-0.39, 0.29) is 6.10 Å². The summed E-state index contributed by atoms with van der Waals surface area (Å²) in [5.41, 5.74) is 0. The van der Waals surface area contributed by atoms with E-state index < -0.39 is 0 Å². The maximum atomic E-state index is 5.32. The molecule has 0 aromatic heterocycles. The minimum absolute atomic E-state index is 0.147. The standard InChI is InChI=1S/C11H16O2/c1-4-7-8-9-11(13-6-3)10-12-5-2/h11H,5-6,10H2,1-3H3. The third-order valence-corrected chi connectivity index (χ3v) is 1.26. The molecular formula is C11H16O2. The van der Waals surface area contributed by atoms with Crippen LogP contribution in [0.25, 0.3) is 0 Å². The van der Waals surface area contributed by atoms with Gasteiger partial charge in [0.25, 0.3) is 0 Å². The lowest BCUT2D eigenvalue weighted by Gasteiger charge is -2.09. The Balaban J connectivity index is 3.92. The summed E-state index contributed by atoms with van der Waals surface area (Å²) in [7, 11) is 0. The lowest BCUT2D eigenvalue weighted by molar-refractivity contribution is 0.0224. The van der Waals surface area contributed by atoms with Crippen LogP contribution < -0.4 is 0 Å². The molecule has 72 valence electrons. The first-order valence-corrected chi connectivity index (χ1v) is 4.46. The fraction of sp³-hybridized carbons (Fsp3) is 0.636. The molecule has 0 aliphatic heterocycles. The first-order valence-electron chi connectivity index (χ1n) is 4.46. The zero-order valence-electron chi connectivity index (χ0n) is 8.52. The fourth-order valence-corrected chi connectivity index (χ4v) is 0.737. The largest absolute Gasteiger partial charge is 0.378 e. The molecule has 13 heavy (non-hydrogen) atoms. The van der Waals surface area contributed by atoms with Crippen LogP contribution in [-0.2, 0) is 9.47 Å². The van der Waals surface area contributed by atoms with Crippen molar-refractivity contribution in [2.45, 2.75) is 26.9 Å². The molecular weight excluding hydrogens is 164 g/mol. The van der Waals surface area contributed by atoms with E-state index in [0.29, 0.717) is 19.8 Å². The van der Waals surface area contributed by atoms with Crippen molar-refractivity contribution >= 4 is 0 Å². The summed E-state index contributed by atoms with van der Waals surface area (Å²) in [6.07, 6.45) is -0.147. The van der Waals surface area contributed by atoms with Crippen molar-refractivity contribution in [3.05, 3.63) is 0 Å². The lowest BCUT2D eigenvalue weighted by atomic mass is 10.3. The van der Waals surface area contributed by atoms with Crippen LogP contribution in [0, 0.1) is 23.7 Å². The molecule has 1 atom stereocenters. The highest BCUT2D eigenvalue weighted by Crippen LogP contribution is 1.91. The Hall–Kier alpha value is -0.960. The Morgan fingerprint density at radius 1 is 1.15 bits per heavy atom.